The van der Waals surface area contributed by atoms with Crippen molar-refractivity contribution >= 4 is 56.5 Å². The van der Waals surface area contributed by atoms with E-state index in [0.29, 0.717) is 10.6 Å². The van der Waals surface area contributed by atoms with Crippen molar-refractivity contribution in [2.45, 2.75) is 49.8 Å². The Morgan fingerprint density at radius 1 is 1.11 bits per heavy atom. The molecule has 148 valence electrons. The van der Waals surface area contributed by atoms with E-state index >= 15 is 0 Å². The fourth-order valence-electron chi connectivity index (χ4n) is 2.93. The molecule has 6 heteroatoms. The van der Waals surface area contributed by atoms with E-state index in [0.717, 1.165) is 26.0 Å². The number of aromatic nitrogens is 1. The van der Waals surface area contributed by atoms with Crippen LogP contribution in [0.2, 0.25) is 5.02 Å². The van der Waals surface area contributed by atoms with Gasteiger partial charge in [0.25, 0.3) is 5.91 Å². The highest BCUT2D eigenvalue weighted by atomic mass is 35.5. The van der Waals surface area contributed by atoms with Crippen molar-refractivity contribution in [1.82, 2.24) is 4.98 Å². The summed E-state index contributed by atoms with van der Waals surface area (Å²) >= 11 is 9.62. The van der Waals surface area contributed by atoms with E-state index in [2.05, 4.69) is 12.2 Å². The number of thiazole rings is 1. The van der Waals surface area contributed by atoms with E-state index in [-0.39, 0.29) is 5.91 Å². The largest absolute Gasteiger partial charge is 0.322 e. The predicted octanol–water partition coefficient (Wildman–Crippen LogP) is 7.65. The van der Waals surface area contributed by atoms with Gasteiger partial charge in [-0.05, 0) is 36.8 Å². The number of hydrogen-bond donors (Lipinski definition) is 1. The number of anilines is 1. The molecule has 0 aliphatic heterocycles. The van der Waals surface area contributed by atoms with Gasteiger partial charge in [0, 0.05) is 11.4 Å². The van der Waals surface area contributed by atoms with Gasteiger partial charge in [-0.1, -0.05) is 74.5 Å². The lowest BCUT2D eigenvalue weighted by atomic mass is 10.1. The maximum atomic E-state index is 12.4. The summed E-state index contributed by atoms with van der Waals surface area (Å²) in [6.07, 6.45) is 7.87. The second-order valence-corrected chi connectivity index (χ2v) is 9.49. The molecule has 0 fully saturated rings. The predicted molar refractivity (Wildman–Crippen MR) is 123 cm³/mol. The number of halogens is 1. The minimum Gasteiger partial charge on any atom is -0.322 e. The lowest BCUT2D eigenvalue weighted by molar-refractivity contribution is 0.102. The summed E-state index contributed by atoms with van der Waals surface area (Å²) in [6.45, 7) is 2.25. The van der Waals surface area contributed by atoms with Crippen LogP contribution in [0.1, 0.15) is 55.8 Å². The molecule has 2 aromatic carbocycles. The molecule has 0 spiro atoms. The van der Waals surface area contributed by atoms with E-state index in [1.54, 1.807) is 29.5 Å². The number of nitrogens with zero attached hydrogens (tertiary/aromatic N) is 1. The Morgan fingerprint density at radius 2 is 1.89 bits per heavy atom. The van der Waals surface area contributed by atoms with Crippen LogP contribution in [0.15, 0.2) is 46.8 Å². The summed E-state index contributed by atoms with van der Waals surface area (Å²) in [5.41, 5.74) is 2.21. The summed E-state index contributed by atoms with van der Waals surface area (Å²) in [4.78, 5) is 17.1. The number of carbonyl (C=O) groups excluding carboxylic acids is 1. The van der Waals surface area contributed by atoms with Crippen LogP contribution in [-0.2, 0) is 0 Å². The molecule has 0 saturated heterocycles. The molecule has 0 bridgehead atoms. The zero-order valence-corrected chi connectivity index (χ0v) is 18.4. The fourth-order valence-corrected chi connectivity index (χ4v) is 5.33. The van der Waals surface area contributed by atoms with E-state index in [4.69, 9.17) is 16.6 Å². The molecule has 3 rings (SSSR count). The fraction of sp³-hybridized carbons (Fsp3) is 0.364. The molecule has 28 heavy (non-hydrogen) atoms. The minimum atomic E-state index is -0.202. The lowest BCUT2D eigenvalue weighted by Crippen LogP contribution is -2.12. The van der Waals surface area contributed by atoms with Gasteiger partial charge in [-0.3, -0.25) is 4.79 Å². The number of nitrogens with one attached hydrogen (secondary N) is 1. The monoisotopic (exact) mass is 432 g/mol. The van der Waals surface area contributed by atoms with Crippen LogP contribution in [0.4, 0.5) is 5.69 Å². The van der Waals surface area contributed by atoms with Gasteiger partial charge in [-0.2, -0.15) is 0 Å². The summed E-state index contributed by atoms with van der Waals surface area (Å²) in [6, 6.07) is 12.9. The molecule has 0 radical (unpaired) electrons. The van der Waals surface area contributed by atoms with Crippen LogP contribution in [-0.4, -0.2) is 16.6 Å². The first-order chi connectivity index (χ1) is 13.7. The van der Waals surface area contributed by atoms with Crippen LogP contribution in [0, 0.1) is 0 Å². The van der Waals surface area contributed by atoms with Gasteiger partial charge < -0.3 is 5.32 Å². The van der Waals surface area contributed by atoms with Crippen LogP contribution >= 0.6 is 34.7 Å². The highest BCUT2D eigenvalue weighted by Crippen LogP contribution is 2.32. The van der Waals surface area contributed by atoms with E-state index in [1.807, 2.05) is 36.0 Å². The molecule has 3 nitrogen and oxygen atoms in total. The first kappa shape index (κ1) is 21.2. The number of rotatable bonds is 10. The molecule has 0 unspecified atom stereocenters. The number of unbranched alkanes of at least 4 members (excludes halogenated alkanes) is 5. The van der Waals surface area contributed by atoms with Gasteiger partial charge in [0.05, 0.1) is 20.8 Å². The highest BCUT2D eigenvalue weighted by Gasteiger charge is 2.11. The molecule has 0 aliphatic rings. The molecule has 0 atom stereocenters. The quantitative estimate of drug-likeness (QED) is 0.264. The topological polar surface area (TPSA) is 42.0 Å². The van der Waals surface area contributed by atoms with Crippen molar-refractivity contribution < 1.29 is 4.79 Å². The highest BCUT2D eigenvalue weighted by molar-refractivity contribution is 8.01. The van der Waals surface area contributed by atoms with Gasteiger partial charge >= 0.3 is 0 Å². The van der Waals surface area contributed by atoms with Crippen LogP contribution in [0.5, 0.6) is 0 Å². The van der Waals surface area contributed by atoms with Crippen molar-refractivity contribution in [3.8, 4) is 0 Å². The Bertz CT molecular complexity index is 926. The third-order valence-corrected chi connectivity index (χ3v) is 7.05. The summed E-state index contributed by atoms with van der Waals surface area (Å²) in [7, 11) is 0. The van der Waals surface area contributed by atoms with E-state index < -0.39 is 0 Å². The van der Waals surface area contributed by atoms with Crippen molar-refractivity contribution in [2.24, 2.45) is 0 Å². The van der Waals surface area contributed by atoms with Gasteiger partial charge in [-0.15, -0.1) is 11.3 Å². The SMILES string of the molecule is CCCCCCCCSc1nc2ccc(NC(=O)c3ccccc3Cl)cc2s1. The molecule has 1 aromatic heterocycles. The average molecular weight is 433 g/mol. The van der Waals surface area contributed by atoms with Crippen molar-refractivity contribution in [3.63, 3.8) is 0 Å². The number of amides is 1. The maximum Gasteiger partial charge on any atom is 0.257 e. The maximum absolute atomic E-state index is 12.4. The van der Waals surface area contributed by atoms with Crippen LogP contribution in [0.25, 0.3) is 10.2 Å². The van der Waals surface area contributed by atoms with E-state index in [1.165, 1.54) is 38.5 Å². The molecule has 1 N–H and O–H groups in total. The Labute approximate surface area is 179 Å². The number of carbonyl (C=O) groups is 1. The number of benzene rings is 2. The third kappa shape index (κ3) is 5.97. The number of thioether (sulfide) groups is 1. The Balaban J connectivity index is 1.55. The molecule has 0 aliphatic carbocycles. The van der Waals surface area contributed by atoms with Gasteiger partial charge in [0.1, 0.15) is 0 Å². The molecular formula is C22H25ClN2OS2. The molecule has 3 aromatic rings. The number of fused-ring (bicyclic) bond motifs is 1. The Kier molecular flexibility index (Phi) is 8.19. The average Bonchev–Trinajstić information content (AvgIpc) is 3.09. The van der Waals surface area contributed by atoms with E-state index in [9.17, 15) is 4.79 Å². The standard InChI is InChI=1S/C22H25ClN2OS2/c1-2-3-4-5-6-9-14-27-22-25-19-13-12-16(15-20(19)28-22)24-21(26)17-10-7-8-11-18(17)23/h7-8,10-13,15H,2-6,9,14H2,1H3,(H,24,26). The molecular weight excluding hydrogens is 408 g/mol. The number of hydrogen-bond acceptors (Lipinski definition) is 4. The van der Waals surface area contributed by atoms with Gasteiger partial charge in [0.2, 0.25) is 0 Å². The molecule has 1 amide bonds. The normalized spacial score (nSPS) is 11.1. The summed E-state index contributed by atoms with van der Waals surface area (Å²) in [5, 5.41) is 3.38. The minimum absolute atomic E-state index is 0.202. The van der Waals surface area contributed by atoms with Crippen LogP contribution in [0.3, 0.4) is 0 Å². The smallest absolute Gasteiger partial charge is 0.257 e. The van der Waals surface area contributed by atoms with Crippen LogP contribution < -0.4 is 5.32 Å². The van der Waals surface area contributed by atoms with Crippen molar-refractivity contribution in [1.29, 1.82) is 0 Å². The Morgan fingerprint density at radius 3 is 2.71 bits per heavy atom. The van der Waals surface area contributed by atoms with Crippen molar-refractivity contribution in [3.05, 3.63) is 53.1 Å². The van der Waals surface area contributed by atoms with Crippen molar-refractivity contribution in [2.75, 3.05) is 11.1 Å². The summed E-state index contributed by atoms with van der Waals surface area (Å²) in [5.74, 6) is 0.911. The first-order valence-electron chi connectivity index (χ1n) is 9.76. The molecule has 0 saturated carbocycles. The first-order valence-corrected chi connectivity index (χ1v) is 11.9. The molecule has 1 heterocycles. The zero-order chi connectivity index (χ0) is 19.8. The summed E-state index contributed by atoms with van der Waals surface area (Å²) < 4.78 is 2.18. The van der Waals surface area contributed by atoms with Gasteiger partial charge in [-0.25, -0.2) is 4.98 Å². The third-order valence-electron chi connectivity index (χ3n) is 4.47. The second-order valence-electron chi connectivity index (χ2n) is 6.71. The zero-order valence-electron chi connectivity index (χ0n) is 16.0. The van der Waals surface area contributed by atoms with Gasteiger partial charge in [0.15, 0.2) is 4.34 Å². The second kappa shape index (κ2) is 10.8. The lowest BCUT2D eigenvalue weighted by Gasteiger charge is -2.06. The Hall–Kier alpha value is -1.56.